The normalized spacial score (nSPS) is 10.9. The van der Waals surface area contributed by atoms with Gasteiger partial charge in [0.25, 0.3) is 5.91 Å². The molecule has 0 unspecified atom stereocenters. The maximum absolute atomic E-state index is 13.8. The quantitative estimate of drug-likeness (QED) is 0.341. The highest BCUT2D eigenvalue weighted by Gasteiger charge is 2.18. The van der Waals surface area contributed by atoms with Crippen molar-refractivity contribution in [3.05, 3.63) is 76.4 Å². The Kier molecular flexibility index (Phi) is 9.21. The van der Waals surface area contributed by atoms with Gasteiger partial charge in [-0.25, -0.2) is 8.78 Å². The smallest absolute Gasteiger partial charge is 0.262 e. The molecule has 3 aromatic rings. The largest absolute Gasteiger partial charge is 0.494 e. The van der Waals surface area contributed by atoms with Crippen LogP contribution in [0.4, 0.5) is 14.6 Å². The van der Waals surface area contributed by atoms with Crippen LogP contribution >= 0.6 is 11.6 Å². The van der Waals surface area contributed by atoms with Gasteiger partial charge in [0.05, 0.1) is 13.2 Å². The van der Waals surface area contributed by atoms with E-state index in [-0.39, 0.29) is 12.4 Å². The van der Waals surface area contributed by atoms with Crippen molar-refractivity contribution in [2.24, 2.45) is 0 Å². The highest BCUT2D eigenvalue weighted by molar-refractivity contribution is 6.31. The van der Waals surface area contributed by atoms with Crippen molar-refractivity contribution in [2.45, 2.75) is 38.6 Å². The minimum atomic E-state index is -0.942. The fraction of sp³-hybridized carbons (Fsp3) is 0.333. The van der Waals surface area contributed by atoms with Crippen LogP contribution in [0.15, 0.2) is 48.7 Å². The van der Waals surface area contributed by atoms with Crippen LogP contribution < -0.4 is 10.1 Å². The number of nitrogens with zero attached hydrogens (tertiary/aromatic N) is 2. The number of rotatable bonds is 12. The zero-order valence-electron chi connectivity index (χ0n) is 18.1. The summed E-state index contributed by atoms with van der Waals surface area (Å²) < 4.78 is 34.8. The molecule has 0 spiro atoms. The highest BCUT2D eigenvalue weighted by atomic mass is 35.5. The van der Waals surface area contributed by atoms with Crippen LogP contribution in [0.5, 0.6) is 5.75 Å². The van der Waals surface area contributed by atoms with Gasteiger partial charge in [-0.15, -0.1) is 0 Å². The standard InChI is InChI=1S/C24H26ClF2N3O3/c25-19-15-18(33-14-5-3-1-2-4-13-31)10-9-17(19)16-30-12-11-22(29-30)28-24(32)23-20(26)7-6-8-21(23)27/h6-12,15,31H,1-5,13-14,16H2,(H,28,29,32). The Morgan fingerprint density at radius 3 is 2.52 bits per heavy atom. The van der Waals surface area contributed by atoms with Gasteiger partial charge in [-0.05, 0) is 42.7 Å². The summed E-state index contributed by atoms with van der Waals surface area (Å²) in [7, 11) is 0. The summed E-state index contributed by atoms with van der Waals surface area (Å²) in [6.45, 7) is 1.18. The minimum absolute atomic E-state index is 0.165. The summed E-state index contributed by atoms with van der Waals surface area (Å²) in [5.41, 5.74) is 0.144. The van der Waals surface area contributed by atoms with E-state index in [9.17, 15) is 13.6 Å². The van der Waals surface area contributed by atoms with Crippen LogP contribution in [-0.2, 0) is 6.54 Å². The molecule has 0 bridgehead atoms. The topological polar surface area (TPSA) is 76.4 Å². The molecule has 9 heteroatoms. The summed E-state index contributed by atoms with van der Waals surface area (Å²) in [5, 5.41) is 15.9. The van der Waals surface area contributed by atoms with Gasteiger partial charge in [0.1, 0.15) is 22.9 Å². The molecule has 0 fully saturated rings. The number of carbonyl (C=O) groups is 1. The molecule has 6 nitrogen and oxygen atoms in total. The van der Waals surface area contributed by atoms with Gasteiger partial charge in [-0.1, -0.05) is 43.0 Å². The number of halogens is 3. The Labute approximate surface area is 196 Å². The lowest BCUT2D eigenvalue weighted by atomic mass is 10.1. The number of amides is 1. The molecule has 1 amide bonds. The molecule has 0 aliphatic carbocycles. The molecule has 33 heavy (non-hydrogen) atoms. The van der Waals surface area contributed by atoms with Gasteiger partial charge < -0.3 is 15.2 Å². The van der Waals surface area contributed by atoms with E-state index in [1.165, 1.54) is 12.1 Å². The van der Waals surface area contributed by atoms with Crippen LogP contribution in [0, 0.1) is 11.6 Å². The number of hydrogen-bond acceptors (Lipinski definition) is 4. The molecule has 0 atom stereocenters. The molecule has 0 saturated carbocycles. The first-order valence-corrected chi connectivity index (χ1v) is 11.2. The van der Waals surface area contributed by atoms with Crippen LogP contribution in [0.3, 0.4) is 0 Å². The van der Waals surface area contributed by atoms with Gasteiger partial charge in [0.15, 0.2) is 5.82 Å². The molecular formula is C24H26ClF2N3O3. The zero-order chi connectivity index (χ0) is 23.6. The van der Waals surface area contributed by atoms with Gasteiger partial charge >= 0.3 is 0 Å². The number of aliphatic hydroxyl groups is 1. The predicted molar refractivity (Wildman–Crippen MR) is 123 cm³/mol. The number of ether oxygens (including phenoxy) is 1. The fourth-order valence-electron chi connectivity index (χ4n) is 3.26. The third-order valence-corrected chi connectivity index (χ3v) is 5.35. The van der Waals surface area contributed by atoms with E-state index < -0.39 is 23.1 Å². The van der Waals surface area contributed by atoms with E-state index in [4.69, 9.17) is 21.4 Å². The van der Waals surface area contributed by atoms with Crippen molar-refractivity contribution < 1.29 is 23.4 Å². The van der Waals surface area contributed by atoms with Crippen LogP contribution in [0.25, 0.3) is 0 Å². The van der Waals surface area contributed by atoms with E-state index in [2.05, 4.69) is 10.4 Å². The lowest BCUT2D eigenvalue weighted by Crippen LogP contribution is -2.16. The summed E-state index contributed by atoms with van der Waals surface area (Å²) in [6, 6.07) is 10.2. The lowest BCUT2D eigenvalue weighted by Gasteiger charge is -2.10. The molecule has 0 radical (unpaired) electrons. The SMILES string of the molecule is O=C(Nc1ccn(Cc2ccc(OCCCCCCCO)cc2Cl)n1)c1c(F)cccc1F. The number of anilines is 1. The Morgan fingerprint density at radius 1 is 1.06 bits per heavy atom. The van der Waals surface area contributed by atoms with Crippen molar-refractivity contribution in [3.63, 3.8) is 0 Å². The van der Waals surface area contributed by atoms with Crippen molar-refractivity contribution in [2.75, 3.05) is 18.5 Å². The van der Waals surface area contributed by atoms with E-state index in [1.807, 2.05) is 12.1 Å². The van der Waals surface area contributed by atoms with Gasteiger partial charge in [0.2, 0.25) is 0 Å². The lowest BCUT2D eigenvalue weighted by molar-refractivity contribution is 0.101. The molecule has 0 aliphatic rings. The number of aliphatic hydroxyl groups excluding tert-OH is 1. The summed E-state index contributed by atoms with van der Waals surface area (Å²) in [4.78, 5) is 12.2. The van der Waals surface area contributed by atoms with Gasteiger partial charge in [-0.3, -0.25) is 9.48 Å². The Hall–Kier alpha value is -2.97. The number of nitrogens with one attached hydrogen (secondary N) is 1. The maximum atomic E-state index is 13.8. The summed E-state index contributed by atoms with van der Waals surface area (Å²) in [6.07, 6.45) is 6.55. The first-order valence-electron chi connectivity index (χ1n) is 10.8. The second-order valence-electron chi connectivity index (χ2n) is 7.54. The minimum Gasteiger partial charge on any atom is -0.494 e. The van der Waals surface area contributed by atoms with Crippen LogP contribution in [-0.4, -0.2) is 34.0 Å². The molecule has 0 saturated heterocycles. The molecule has 2 aromatic carbocycles. The highest BCUT2D eigenvalue weighted by Crippen LogP contribution is 2.24. The second-order valence-corrected chi connectivity index (χ2v) is 7.95. The maximum Gasteiger partial charge on any atom is 0.262 e. The molecule has 3 rings (SSSR count). The number of benzene rings is 2. The number of carbonyl (C=O) groups excluding carboxylic acids is 1. The predicted octanol–water partition coefficient (Wildman–Crippen LogP) is 5.44. The van der Waals surface area contributed by atoms with E-state index in [0.29, 0.717) is 23.9 Å². The molecule has 1 aromatic heterocycles. The number of aromatic nitrogens is 2. The van der Waals surface area contributed by atoms with Crippen molar-refractivity contribution in [1.82, 2.24) is 9.78 Å². The third kappa shape index (κ3) is 7.27. The van der Waals surface area contributed by atoms with Crippen LogP contribution in [0.1, 0.15) is 48.0 Å². The first-order chi connectivity index (χ1) is 16.0. The molecular weight excluding hydrogens is 452 g/mol. The zero-order valence-corrected chi connectivity index (χ0v) is 18.8. The summed E-state index contributed by atoms with van der Waals surface area (Å²) in [5.74, 6) is -1.95. The Balaban J connectivity index is 1.52. The number of unbranched alkanes of at least 4 members (excludes halogenated alkanes) is 4. The molecule has 2 N–H and O–H groups in total. The fourth-order valence-corrected chi connectivity index (χ4v) is 3.50. The first kappa shape index (κ1) is 24.7. The average molecular weight is 478 g/mol. The van der Waals surface area contributed by atoms with Gasteiger partial charge in [-0.2, -0.15) is 5.10 Å². The van der Waals surface area contributed by atoms with E-state index in [0.717, 1.165) is 49.8 Å². The summed E-state index contributed by atoms with van der Waals surface area (Å²) >= 11 is 6.38. The van der Waals surface area contributed by atoms with Crippen molar-refractivity contribution in [3.8, 4) is 5.75 Å². The van der Waals surface area contributed by atoms with E-state index >= 15 is 0 Å². The van der Waals surface area contributed by atoms with Crippen molar-refractivity contribution in [1.29, 1.82) is 0 Å². The van der Waals surface area contributed by atoms with Crippen molar-refractivity contribution >= 4 is 23.3 Å². The second kappa shape index (κ2) is 12.3. The number of hydrogen-bond donors (Lipinski definition) is 2. The van der Waals surface area contributed by atoms with Gasteiger partial charge in [0, 0.05) is 23.9 Å². The van der Waals surface area contributed by atoms with E-state index in [1.54, 1.807) is 16.9 Å². The molecule has 176 valence electrons. The molecule has 0 aliphatic heterocycles. The average Bonchev–Trinajstić information content (AvgIpc) is 3.21. The van der Waals surface area contributed by atoms with Crippen LogP contribution in [0.2, 0.25) is 5.02 Å². The Morgan fingerprint density at radius 2 is 1.79 bits per heavy atom. The molecule has 1 heterocycles. The monoisotopic (exact) mass is 477 g/mol. The Bertz CT molecular complexity index is 1050. The third-order valence-electron chi connectivity index (χ3n) is 5.00.